The van der Waals surface area contributed by atoms with Crippen molar-refractivity contribution in [3.05, 3.63) is 0 Å². The number of unbranched alkanes of at least 4 members (excludes halogenated alkanes) is 4. The maximum absolute atomic E-state index is 10.2. The smallest absolute Gasteiger partial charge is 0.161 e. The molecule has 0 aromatic heterocycles. The van der Waals surface area contributed by atoms with Crippen LogP contribution in [0, 0.1) is 0 Å². The zero-order valence-electron chi connectivity index (χ0n) is 6.95. The van der Waals surface area contributed by atoms with E-state index in [1.165, 1.54) is 19.3 Å². The molecule has 0 spiro atoms. The van der Waals surface area contributed by atoms with Crippen molar-refractivity contribution in [3.63, 3.8) is 0 Å². The van der Waals surface area contributed by atoms with Gasteiger partial charge in [0.2, 0.25) is 0 Å². The molecule has 0 aromatic rings. The summed E-state index contributed by atoms with van der Waals surface area (Å²) in [4.78, 5) is 8.42. The summed E-state index contributed by atoms with van der Waals surface area (Å²) in [6, 6.07) is 0. The quantitative estimate of drug-likeness (QED) is 0.546. The van der Waals surface area contributed by atoms with Crippen LogP contribution in [-0.2, 0) is 21.9 Å². The topological polar surface area (TPSA) is 37.3 Å². The van der Waals surface area contributed by atoms with Crippen LogP contribution in [0.5, 0.6) is 0 Å². The minimum absolute atomic E-state index is 0. The van der Waals surface area contributed by atoms with E-state index in [1.54, 1.807) is 0 Å². The summed E-state index contributed by atoms with van der Waals surface area (Å²) in [6.45, 7) is 2.16. The second-order valence-electron chi connectivity index (χ2n) is 2.49. The SMILES string of the molecule is CCCCCCC[P+](=O)O.[Cr]. The molecule has 0 aromatic carbocycles. The van der Waals surface area contributed by atoms with E-state index in [1.807, 2.05) is 0 Å². The molecule has 66 valence electrons. The Kier molecular flexibility index (Phi) is 13.6. The average Bonchev–Trinajstić information content (AvgIpc) is 1.87. The van der Waals surface area contributed by atoms with Gasteiger partial charge in [-0.15, -0.1) is 0 Å². The zero-order valence-corrected chi connectivity index (χ0v) is 9.12. The number of rotatable bonds is 6. The van der Waals surface area contributed by atoms with Gasteiger partial charge in [-0.1, -0.05) is 26.2 Å². The van der Waals surface area contributed by atoms with Gasteiger partial charge < -0.3 is 0 Å². The predicted octanol–water partition coefficient (Wildman–Crippen LogP) is 2.69. The fourth-order valence-electron chi connectivity index (χ4n) is 0.851. The maximum atomic E-state index is 10.2. The van der Waals surface area contributed by atoms with Gasteiger partial charge in [0.1, 0.15) is 0 Å². The van der Waals surface area contributed by atoms with Crippen LogP contribution in [0.3, 0.4) is 0 Å². The molecule has 1 N–H and O–H groups in total. The fourth-order valence-corrected chi connectivity index (χ4v) is 1.34. The Balaban J connectivity index is 0. The van der Waals surface area contributed by atoms with E-state index >= 15 is 0 Å². The molecule has 0 radical (unpaired) electrons. The second kappa shape index (κ2) is 10.6. The van der Waals surface area contributed by atoms with Crippen molar-refractivity contribution in [2.45, 2.75) is 39.0 Å². The monoisotopic (exact) mass is 215 g/mol. The van der Waals surface area contributed by atoms with Crippen molar-refractivity contribution in [2.24, 2.45) is 0 Å². The first-order valence-corrected chi connectivity index (χ1v) is 5.30. The van der Waals surface area contributed by atoms with Crippen LogP contribution in [0.4, 0.5) is 0 Å². The van der Waals surface area contributed by atoms with E-state index in [0.717, 1.165) is 12.8 Å². The van der Waals surface area contributed by atoms with Crippen LogP contribution >= 0.6 is 8.03 Å². The van der Waals surface area contributed by atoms with Crippen molar-refractivity contribution < 1.29 is 26.8 Å². The van der Waals surface area contributed by atoms with Gasteiger partial charge in [-0.3, -0.25) is 0 Å². The molecule has 0 amide bonds. The Morgan fingerprint density at radius 1 is 1.18 bits per heavy atom. The van der Waals surface area contributed by atoms with Gasteiger partial charge in [0.15, 0.2) is 6.16 Å². The average molecular weight is 215 g/mol. The van der Waals surface area contributed by atoms with Crippen molar-refractivity contribution in [2.75, 3.05) is 6.16 Å². The number of hydrogen-bond acceptors (Lipinski definition) is 1. The van der Waals surface area contributed by atoms with Crippen LogP contribution in [0.2, 0.25) is 0 Å². The largest absolute Gasteiger partial charge is 0.505 e. The normalized spacial score (nSPS) is 10.5. The second-order valence-corrected chi connectivity index (χ2v) is 3.64. The molecule has 0 aliphatic carbocycles. The zero-order chi connectivity index (χ0) is 7.82. The van der Waals surface area contributed by atoms with Gasteiger partial charge >= 0.3 is 8.03 Å². The molecule has 1 unspecified atom stereocenters. The van der Waals surface area contributed by atoms with E-state index in [4.69, 9.17) is 4.89 Å². The van der Waals surface area contributed by atoms with Gasteiger partial charge in [-0.2, -0.15) is 4.89 Å². The van der Waals surface area contributed by atoms with Crippen molar-refractivity contribution in [3.8, 4) is 0 Å². The van der Waals surface area contributed by atoms with Crippen LogP contribution in [0.15, 0.2) is 0 Å². The number of hydrogen-bond donors (Lipinski definition) is 1. The third-order valence-electron chi connectivity index (χ3n) is 1.45. The van der Waals surface area contributed by atoms with E-state index in [-0.39, 0.29) is 17.4 Å². The third kappa shape index (κ3) is 13.6. The summed E-state index contributed by atoms with van der Waals surface area (Å²) < 4.78 is 10.2. The first kappa shape index (κ1) is 14.1. The standard InChI is InChI=1S/C7H15O2P.Cr/c1-2-3-4-5-6-7-10(8)9;/h2-7H2,1H3;/p+1. The third-order valence-corrected chi connectivity index (χ3v) is 2.15. The van der Waals surface area contributed by atoms with Crippen LogP contribution in [-0.4, -0.2) is 11.1 Å². The molecule has 0 rings (SSSR count). The van der Waals surface area contributed by atoms with Crippen molar-refractivity contribution in [1.82, 2.24) is 0 Å². The Bertz CT molecular complexity index is 98.4. The molecule has 0 saturated heterocycles. The van der Waals surface area contributed by atoms with Gasteiger partial charge in [0, 0.05) is 17.4 Å². The Hall–Kier alpha value is 0.592. The van der Waals surface area contributed by atoms with E-state index in [0.29, 0.717) is 6.16 Å². The molecule has 0 saturated carbocycles. The Morgan fingerprint density at radius 2 is 1.73 bits per heavy atom. The van der Waals surface area contributed by atoms with Crippen LogP contribution in [0.25, 0.3) is 0 Å². The molecule has 1 atom stereocenters. The molecular formula is C7H16CrO2P+. The van der Waals surface area contributed by atoms with E-state index < -0.39 is 8.03 Å². The molecule has 0 fully saturated rings. The minimum atomic E-state index is -1.87. The van der Waals surface area contributed by atoms with Crippen molar-refractivity contribution in [1.29, 1.82) is 0 Å². The molecule has 2 nitrogen and oxygen atoms in total. The summed E-state index contributed by atoms with van der Waals surface area (Å²) in [5.41, 5.74) is 0. The van der Waals surface area contributed by atoms with Crippen LogP contribution < -0.4 is 0 Å². The summed E-state index contributed by atoms with van der Waals surface area (Å²) in [6.07, 6.45) is 6.19. The molecule has 0 aliphatic rings. The van der Waals surface area contributed by atoms with Crippen LogP contribution in [0.1, 0.15) is 39.0 Å². The van der Waals surface area contributed by atoms with Crippen molar-refractivity contribution >= 4 is 8.03 Å². The summed E-state index contributed by atoms with van der Waals surface area (Å²) in [7, 11) is -1.87. The molecule has 0 aliphatic heterocycles. The summed E-state index contributed by atoms with van der Waals surface area (Å²) in [5.74, 6) is 0. The van der Waals surface area contributed by atoms with E-state index in [2.05, 4.69) is 6.92 Å². The Morgan fingerprint density at radius 3 is 2.18 bits per heavy atom. The first-order valence-electron chi connectivity index (χ1n) is 3.91. The minimum Gasteiger partial charge on any atom is -0.161 e. The molecule has 0 heterocycles. The van der Waals surface area contributed by atoms with Gasteiger partial charge in [-0.05, 0) is 17.4 Å². The fraction of sp³-hybridized carbons (Fsp3) is 1.00. The molecule has 4 heteroatoms. The summed E-state index contributed by atoms with van der Waals surface area (Å²) >= 11 is 0. The van der Waals surface area contributed by atoms with Gasteiger partial charge in [-0.25, -0.2) is 0 Å². The summed E-state index contributed by atoms with van der Waals surface area (Å²) in [5, 5.41) is 0. The first-order chi connectivity index (χ1) is 4.77. The Labute approximate surface area is 80.4 Å². The maximum Gasteiger partial charge on any atom is 0.505 e. The molecule has 11 heavy (non-hydrogen) atoms. The predicted molar refractivity (Wildman–Crippen MR) is 43.5 cm³/mol. The van der Waals surface area contributed by atoms with E-state index in [9.17, 15) is 4.57 Å². The molecular weight excluding hydrogens is 199 g/mol. The van der Waals surface area contributed by atoms with Gasteiger partial charge in [0.25, 0.3) is 0 Å². The van der Waals surface area contributed by atoms with Gasteiger partial charge in [0.05, 0.1) is 0 Å². The molecule has 0 bridgehead atoms.